The van der Waals surface area contributed by atoms with E-state index in [9.17, 15) is 9.59 Å². The maximum absolute atomic E-state index is 12.4. The Morgan fingerprint density at radius 1 is 1.12 bits per heavy atom. The van der Waals surface area contributed by atoms with Crippen LogP contribution in [0, 0.1) is 6.92 Å². The highest BCUT2D eigenvalue weighted by Gasteiger charge is 2.18. The molecule has 8 heteroatoms. The number of carbonyl (C=O) groups is 2. The largest absolute Gasteiger partial charge is 0.486 e. The van der Waals surface area contributed by atoms with Crippen molar-refractivity contribution in [2.24, 2.45) is 0 Å². The molecule has 1 aliphatic rings. The van der Waals surface area contributed by atoms with Crippen molar-refractivity contribution in [3.8, 4) is 5.75 Å². The average Bonchev–Trinajstić information content (AvgIpc) is 3.49. The van der Waals surface area contributed by atoms with Gasteiger partial charge in [-0.3, -0.25) is 9.59 Å². The van der Waals surface area contributed by atoms with Crippen LogP contribution in [0.1, 0.15) is 45.0 Å². The van der Waals surface area contributed by atoms with Crippen LogP contribution >= 0.6 is 0 Å². The number of aromatic nitrogens is 1. The highest BCUT2D eigenvalue weighted by Crippen LogP contribution is 2.19. The van der Waals surface area contributed by atoms with Crippen LogP contribution in [0.5, 0.6) is 5.75 Å². The van der Waals surface area contributed by atoms with Crippen molar-refractivity contribution in [1.82, 2.24) is 10.5 Å². The first-order chi connectivity index (χ1) is 15.6. The van der Waals surface area contributed by atoms with Gasteiger partial charge in [0.1, 0.15) is 12.4 Å². The number of nitrogens with one attached hydrogen (secondary N) is 2. The smallest absolute Gasteiger partial charge is 0.273 e. The highest BCUT2D eigenvalue weighted by atomic mass is 16.5. The zero-order chi connectivity index (χ0) is 22.3. The van der Waals surface area contributed by atoms with Gasteiger partial charge in [0.25, 0.3) is 11.8 Å². The summed E-state index contributed by atoms with van der Waals surface area (Å²) in [7, 11) is 0. The molecule has 4 rings (SSSR count). The van der Waals surface area contributed by atoms with E-state index in [0.717, 1.165) is 25.0 Å². The van der Waals surface area contributed by atoms with E-state index in [1.807, 2.05) is 25.1 Å². The maximum atomic E-state index is 12.4. The minimum atomic E-state index is -0.302. The van der Waals surface area contributed by atoms with Gasteiger partial charge in [-0.05, 0) is 55.7 Å². The Morgan fingerprint density at radius 3 is 2.69 bits per heavy atom. The van der Waals surface area contributed by atoms with Gasteiger partial charge in [-0.25, -0.2) is 0 Å². The lowest BCUT2D eigenvalue weighted by Gasteiger charge is -2.09. The van der Waals surface area contributed by atoms with E-state index in [2.05, 4.69) is 15.8 Å². The van der Waals surface area contributed by atoms with Crippen LogP contribution in [0.15, 0.2) is 59.1 Å². The fourth-order valence-electron chi connectivity index (χ4n) is 3.41. The van der Waals surface area contributed by atoms with Crippen molar-refractivity contribution in [2.45, 2.75) is 32.5 Å². The van der Waals surface area contributed by atoms with Gasteiger partial charge in [0.05, 0.1) is 6.10 Å². The Labute approximate surface area is 185 Å². The molecule has 2 heterocycles. The second kappa shape index (κ2) is 10.1. The first-order valence-corrected chi connectivity index (χ1v) is 10.5. The van der Waals surface area contributed by atoms with Gasteiger partial charge in [0.15, 0.2) is 11.5 Å². The van der Waals surface area contributed by atoms with Gasteiger partial charge in [-0.2, -0.15) is 0 Å². The summed E-state index contributed by atoms with van der Waals surface area (Å²) in [4.78, 5) is 24.6. The van der Waals surface area contributed by atoms with Crippen LogP contribution in [0.4, 0.5) is 5.69 Å². The molecule has 32 heavy (non-hydrogen) atoms. The van der Waals surface area contributed by atoms with Crippen molar-refractivity contribution < 1.29 is 23.6 Å². The molecule has 1 atom stereocenters. The molecule has 8 nitrogen and oxygen atoms in total. The molecule has 0 radical (unpaired) electrons. The van der Waals surface area contributed by atoms with E-state index in [4.69, 9.17) is 14.0 Å². The first kappa shape index (κ1) is 21.6. The number of benzene rings is 2. The Bertz CT molecular complexity index is 1070. The molecule has 2 amide bonds. The highest BCUT2D eigenvalue weighted by molar-refractivity contribution is 6.05. The first-order valence-electron chi connectivity index (χ1n) is 10.5. The SMILES string of the molecule is Cc1ccccc1C(=O)Nc1ccc(OCc2cc(C(=O)NC[C@H]3CCCO3)no2)cc1. The van der Waals surface area contributed by atoms with Crippen molar-refractivity contribution >= 4 is 17.5 Å². The third-order valence-corrected chi connectivity index (χ3v) is 5.19. The summed E-state index contributed by atoms with van der Waals surface area (Å²) < 4.78 is 16.4. The second-order valence-electron chi connectivity index (χ2n) is 7.61. The lowest BCUT2D eigenvalue weighted by Crippen LogP contribution is -2.31. The van der Waals surface area contributed by atoms with Crippen LogP contribution < -0.4 is 15.4 Å². The van der Waals surface area contributed by atoms with Gasteiger partial charge >= 0.3 is 0 Å². The molecule has 2 aromatic carbocycles. The number of amides is 2. The Morgan fingerprint density at radius 2 is 1.94 bits per heavy atom. The number of hydrogen-bond acceptors (Lipinski definition) is 6. The summed E-state index contributed by atoms with van der Waals surface area (Å²) in [5.41, 5.74) is 2.41. The second-order valence-corrected chi connectivity index (χ2v) is 7.61. The topological polar surface area (TPSA) is 103 Å². The summed E-state index contributed by atoms with van der Waals surface area (Å²) in [5.74, 6) is 0.567. The minimum absolute atomic E-state index is 0.0677. The van der Waals surface area contributed by atoms with Crippen molar-refractivity contribution in [2.75, 3.05) is 18.5 Å². The normalized spacial score (nSPS) is 15.3. The molecular weight excluding hydrogens is 410 g/mol. The molecule has 1 aliphatic heterocycles. The van der Waals surface area contributed by atoms with Crippen LogP contribution in [-0.4, -0.2) is 36.2 Å². The average molecular weight is 435 g/mol. The van der Waals surface area contributed by atoms with Crippen LogP contribution in [-0.2, 0) is 11.3 Å². The van der Waals surface area contributed by atoms with Crippen molar-refractivity contribution in [3.63, 3.8) is 0 Å². The predicted octanol–water partition coefficient (Wildman–Crippen LogP) is 3.72. The number of nitrogens with zero attached hydrogens (tertiary/aromatic N) is 1. The Kier molecular flexibility index (Phi) is 6.81. The Balaban J connectivity index is 1.26. The zero-order valence-electron chi connectivity index (χ0n) is 17.8. The lowest BCUT2D eigenvalue weighted by molar-refractivity contribution is 0.0850. The molecule has 1 fully saturated rings. The fourth-order valence-corrected chi connectivity index (χ4v) is 3.41. The van der Waals surface area contributed by atoms with Crippen LogP contribution in [0.3, 0.4) is 0 Å². The van der Waals surface area contributed by atoms with Gasteiger partial charge in [0, 0.05) is 30.5 Å². The third kappa shape index (κ3) is 5.53. The quantitative estimate of drug-likeness (QED) is 0.559. The summed E-state index contributed by atoms with van der Waals surface area (Å²) in [6, 6.07) is 16.0. The fraction of sp³-hybridized carbons (Fsp3) is 0.292. The van der Waals surface area contributed by atoms with E-state index < -0.39 is 0 Å². The molecule has 166 valence electrons. The third-order valence-electron chi connectivity index (χ3n) is 5.19. The van der Waals surface area contributed by atoms with Crippen LogP contribution in [0.25, 0.3) is 0 Å². The number of ether oxygens (including phenoxy) is 2. The molecule has 1 aromatic heterocycles. The van der Waals surface area contributed by atoms with Gasteiger partial charge < -0.3 is 24.6 Å². The zero-order valence-corrected chi connectivity index (χ0v) is 17.8. The molecule has 2 N–H and O–H groups in total. The predicted molar refractivity (Wildman–Crippen MR) is 118 cm³/mol. The van der Waals surface area contributed by atoms with E-state index in [1.165, 1.54) is 0 Å². The molecule has 0 saturated carbocycles. The molecule has 0 spiro atoms. The molecule has 1 saturated heterocycles. The van der Waals surface area contributed by atoms with E-state index in [0.29, 0.717) is 29.3 Å². The summed E-state index contributed by atoms with van der Waals surface area (Å²) in [6.45, 7) is 3.23. The number of aryl methyl sites for hydroxylation is 1. The summed E-state index contributed by atoms with van der Waals surface area (Å²) >= 11 is 0. The van der Waals surface area contributed by atoms with Gasteiger partial charge in [0.2, 0.25) is 0 Å². The lowest BCUT2D eigenvalue weighted by atomic mass is 10.1. The maximum Gasteiger partial charge on any atom is 0.273 e. The molecule has 0 unspecified atom stereocenters. The van der Waals surface area contributed by atoms with E-state index in [1.54, 1.807) is 36.4 Å². The van der Waals surface area contributed by atoms with E-state index >= 15 is 0 Å². The van der Waals surface area contributed by atoms with E-state index in [-0.39, 0.29) is 30.2 Å². The number of rotatable bonds is 8. The number of carbonyl (C=O) groups excluding carboxylic acids is 2. The molecule has 0 bridgehead atoms. The molecular formula is C24H25N3O5. The van der Waals surface area contributed by atoms with Crippen molar-refractivity contribution in [1.29, 1.82) is 0 Å². The number of hydrogen-bond donors (Lipinski definition) is 2. The summed E-state index contributed by atoms with van der Waals surface area (Å²) in [5, 5.41) is 9.48. The standard InChI is InChI=1S/C24H25N3O5/c1-16-5-2-3-7-21(16)23(28)26-17-8-10-18(11-9-17)31-15-20-13-22(27-32-20)24(29)25-14-19-6-4-12-30-19/h2-3,5,7-11,13,19H,4,6,12,14-15H2,1H3,(H,25,29)(H,26,28)/t19-/m1/s1. The van der Waals surface area contributed by atoms with Gasteiger partial charge in [-0.1, -0.05) is 23.4 Å². The minimum Gasteiger partial charge on any atom is -0.486 e. The molecule has 3 aromatic rings. The van der Waals surface area contributed by atoms with Crippen LogP contribution in [0.2, 0.25) is 0 Å². The molecule has 0 aliphatic carbocycles. The van der Waals surface area contributed by atoms with Gasteiger partial charge in [-0.15, -0.1) is 0 Å². The number of anilines is 1. The Hall–Kier alpha value is -3.65. The monoisotopic (exact) mass is 435 g/mol. The van der Waals surface area contributed by atoms with Crippen molar-refractivity contribution in [3.05, 3.63) is 77.2 Å². The summed E-state index contributed by atoms with van der Waals surface area (Å²) in [6.07, 6.45) is 2.04.